The van der Waals surface area contributed by atoms with Crippen LogP contribution in [0.5, 0.6) is 0 Å². The molecule has 1 saturated heterocycles. The molecule has 1 aliphatic rings. The molecular weight excluding hydrogens is 287 g/mol. The van der Waals surface area contributed by atoms with Crippen molar-refractivity contribution in [2.75, 3.05) is 6.61 Å². The summed E-state index contributed by atoms with van der Waals surface area (Å²) < 4.78 is 20.5. The Labute approximate surface area is 118 Å². The minimum absolute atomic E-state index is 0.181. The number of amides is 1. The van der Waals surface area contributed by atoms with Crippen LogP contribution in [0.25, 0.3) is 0 Å². The van der Waals surface area contributed by atoms with Crippen LogP contribution in [0.3, 0.4) is 0 Å². The van der Waals surface area contributed by atoms with E-state index in [-0.39, 0.29) is 30.8 Å². The summed E-state index contributed by atoms with van der Waals surface area (Å²) in [5.41, 5.74) is 0.0609. The number of carboxylic acid groups (broad SMARTS) is 1. The predicted octanol–water partition coefficient (Wildman–Crippen LogP) is 1.15. The molecule has 116 valence electrons. The first-order valence-electron chi connectivity index (χ1n) is 6.31. The second-order valence-electron chi connectivity index (χ2n) is 4.77. The van der Waals surface area contributed by atoms with Gasteiger partial charge in [0.1, 0.15) is 24.2 Å². The molecule has 9 nitrogen and oxygen atoms in total. The van der Waals surface area contributed by atoms with Crippen molar-refractivity contribution in [1.82, 2.24) is 15.1 Å². The summed E-state index contributed by atoms with van der Waals surface area (Å²) in [6.45, 7) is -0.335. The topological polar surface area (TPSA) is 120 Å². The monoisotopic (exact) mass is 302 g/mol. The number of hydrogen-bond donors (Lipinski definition) is 2. The number of rotatable bonds is 3. The van der Waals surface area contributed by atoms with Gasteiger partial charge >= 0.3 is 11.8 Å². The minimum atomic E-state index is -1.50. The third-order valence-electron chi connectivity index (χ3n) is 3.41. The molecule has 0 unspecified atom stereocenters. The molecule has 3 atom stereocenters. The van der Waals surface area contributed by atoms with Gasteiger partial charge in [-0.3, -0.25) is 14.8 Å². The molecular formula is C11H15FN4O5. The van der Waals surface area contributed by atoms with Crippen LogP contribution >= 0.6 is 0 Å². The number of alkyl halides is 1. The number of nitrogens with one attached hydrogen (secondary N) is 1. The molecule has 1 aromatic rings. The van der Waals surface area contributed by atoms with Gasteiger partial charge in [0.15, 0.2) is 0 Å². The Kier molecular flexibility index (Phi) is 4.36. The highest BCUT2D eigenvalue weighted by molar-refractivity contribution is 5.64. The maximum absolute atomic E-state index is 13.8. The minimum Gasteiger partial charge on any atom is -0.465 e. The third kappa shape index (κ3) is 3.27. The average molecular weight is 302 g/mol. The summed E-state index contributed by atoms with van der Waals surface area (Å²) in [5, 5.41) is 25.6. The molecule has 1 aliphatic heterocycles. The van der Waals surface area contributed by atoms with Gasteiger partial charge in [-0.1, -0.05) is 0 Å². The first kappa shape index (κ1) is 15.2. The van der Waals surface area contributed by atoms with E-state index in [9.17, 15) is 19.3 Å². The SMILES string of the molecule is Cn1ncc([N+](=O)[O-])c1[C@H]1CC[C@H](NC(=O)O)[C@H](F)CO1. The van der Waals surface area contributed by atoms with E-state index >= 15 is 0 Å². The van der Waals surface area contributed by atoms with Gasteiger partial charge in [0, 0.05) is 7.05 Å². The lowest BCUT2D eigenvalue weighted by Crippen LogP contribution is -2.41. The molecule has 1 aromatic heterocycles. The van der Waals surface area contributed by atoms with E-state index < -0.39 is 29.3 Å². The fraction of sp³-hybridized carbons (Fsp3) is 0.636. The van der Waals surface area contributed by atoms with Crippen LogP contribution in [0.4, 0.5) is 14.9 Å². The third-order valence-corrected chi connectivity index (χ3v) is 3.41. The van der Waals surface area contributed by atoms with E-state index in [0.717, 1.165) is 6.20 Å². The Hall–Kier alpha value is -2.23. The van der Waals surface area contributed by atoms with Crippen molar-refractivity contribution >= 4 is 11.8 Å². The molecule has 2 N–H and O–H groups in total. The molecule has 0 bridgehead atoms. The fourth-order valence-corrected chi connectivity index (χ4v) is 2.41. The number of nitro groups is 1. The maximum Gasteiger partial charge on any atom is 0.404 e. The zero-order valence-corrected chi connectivity index (χ0v) is 11.2. The van der Waals surface area contributed by atoms with Crippen molar-refractivity contribution < 1.29 is 24.0 Å². The Balaban J connectivity index is 2.18. The largest absolute Gasteiger partial charge is 0.465 e. The van der Waals surface area contributed by atoms with Gasteiger partial charge in [-0.25, -0.2) is 9.18 Å². The first-order valence-corrected chi connectivity index (χ1v) is 6.31. The molecule has 2 rings (SSSR count). The van der Waals surface area contributed by atoms with Gasteiger partial charge in [0.05, 0.1) is 17.6 Å². The van der Waals surface area contributed by atoms with Crippen LogP contribution in [0.15, 0.2) is 6.20 Å². The number of ether oxygens (including phenoxy) is 1. The Bertz CT molecular complexity index is 549. The second-order valence-corrected chi connectivity index (χ2v) is 4.77. The Morgan fingerprint density at radius 3 is 3.00 bits per heavy atom. The van der Waals surface area contributed by atoms with Crippen molar-refractivity contribution in [3.8, 4) is 0 Å². The normalized spacial score (nSPS) is 26.1. The quantitative estimate of drug-likeness (QED) is 0.638. The summed E-state index contributed by atoms with van der Waals surface area (Å²) in [7, 11) is 1.54. The fourth-order valence-electron chi connectivity index (χ4n) is 2.41. The van der Waals surface area contributed by atoms with E-state index in [1.807, 2.05) is 0 Å². The lowest BCUT2D eigenvalue weighted by atomic mass is 10.0. The van der Waals surface area contributed by atoms with Crippen molar-refractivity contribution in [3.05, 3.63) is 22.0 Å². The molecule has 0 aromatic carbocycles. The van der Waals surface area contributed by atoms with E-state index in [4.69, 9.17) is 9.84 Å². The highest BCUT2D eigenvalue weighted by Gasteiger charge is 2.34. The number of carbonyl (C=O) groups is 1. The second kappa shape index (κ2) is 6.04. The molecule has 0 aliphatic carbocycles. The van der Waals surface area contributed by atoms with E-state index in [1.54, 1.807) is 0 Å². The van der Waals surface area contributed by atoms with Crippen LogP contribution in [-0.2, 0) is 11.8 Å². The van der Waals surface area contributed by atoms with Crippen LogP contribution in [0.1, 0.15) is 24.6 Å². The van der Waals surface area contributed by atoms with Gasteiger partial charge < -0.3 is 15.2 Å². The van der Waals surface area contributed by atoms with Gasteiger partial charge in [-0.05, 0) is 12.8 Å². The Morgan fingerprint density at radius 2 is 2.38 bits per heavy atom. The molecule has 0 saturated carbocycles. The van der Waals surface area contributed by atoms with Gasteiger partial charge in [0.2, 0.25) is 0 Å². The van der Waals surface area contributed by atoms with Crippen LogP contribution in [0, 0.1) is 10.1 Å². The number of aromatic nitrogens is 2. The molecule has 0 radical (unpaired) electrons. The molecule has 10 heteroatoms. The Morgan fingerprint density at radius 1 is 1.67 bits per heavy atom. The van der Waals surface area contributed by atoms with E-state index in [2.05, 4.69) is 10.4 Å². The van der Waals surface area contributed by atoms with Gasteiger partial charge in [0.25, 0.3) is 0 Å². The molecule has 0 spiro atoms. The summed E-state index contributed by atoms with van der Waals surface area (Å²) in [6.07, 6.45) is -1.96. The van der Waals surface area contributed by atoms with Crippen LogP contribution in [-0.4, -0.2) is 44.7 Å². The van der Waals surface area contributed by atoms with E-state index in [0.29, 0.717) is 0 Å². The highest BCUT2D eigenvalue weighted by atomic mass is 19.1. The van der Waals surface area contributed by atoms with Crippen LogP contribution in [0.2, 0.25) is 0 Å². The van der Waals surface area contributed by atoms with Crippen molar-refractivity contribution in [2.24, 2.45) is 7.05 Å². The van der Waals surface area contributed by atoms with Gasteiger partial charge in [-0.2, -0.15) is 5.10 Å². The highest BCUT2D eigenvalue weighted by Crippen LogP contribution is 2.33. The molecule has 1 amide bonds. The smallest absolute Gasteiger partial charge is 0.404 e. The molecule has 2 heterocycles. The average Bonchev–Trinajstić information content (AvgIpc) is 2.70. The van der Waals surface area contributed by atoms with Crippen molar-refractivity contribution in [3.63, 3.8) is 0 Å². The lowest BCUT2D eigenvalue weighted by molar-refractivity contribution is -0.386. The van der Waals surface area contributed by atoms with Gasteiger partial charge in [-0.15, -0.1) is 0 Å². The number of aryl methyl sites for hydroxylation is 1. The summed E-state index contributed by atoms with van der Waals surface area (Å²) in [5.74, 6) is 0. The standard InChI is InChI=1S/C11H15FN4O5/c1-15-10(8(4-13-15)16(19)20)9-3-2-7(14-11(17)18)6(12)5-21-9/h4,6-7,9,14H,2-3,5H2,1H3,(H,17,18)/t6-,7+,9-/m1/s1. The van der Waals surface area contributed by atoms with Crippen molar-refractivity contribution in [1.29, 1.82) is 0 Å². The lowest BCUT2D eigenvalue weighted by Gasteiger charge is -2.16. The predicted molar refractivity (Wildman–Crippen MR) is 67.6 cm³/mol. The molecule has 21 heavy (non-hydrogen) atoms. The number of hydrogen-bond acceptors (Lipinski definition) is 5. The molecule has 1 fully saturated rings. The number of halogens is 1. The van der Waals surface area contributed by atoms with E-state index in [1.165, 1.54) is 11.7 Å². The maximum atomic E-state index is 13.8. The summed E-state index contributed by atoms with van der Waals surface area (Å²) in [6, 6.07) is -0.889. The zero-order chi connectivity index (χ0) is 15.6. The zero-order valence-electron chi connectivity index (χ0n) is 11.2. The van der Waals surface area contributed by atoms with Crippen LogP contribution < -0.4 is 5.32 Å². The van der Waals surface area contributed by atoms with Crippen molar-refractivity contribution in [2.45, 2.75) is 31.2 Å². The first-order chi connectivity index (χ1) is 9.90. The summed E-state index contributed by atoms with van der Waals surface area (Å²) >= 11 is 0. The summed E-state index contributed by atoms with van der Waals surface area (Å²) in [4.78, 5) is 21.0. The number of nitrogens with zero attached hydrogens (tertiary/aromatic N) is 3.